The first-order valence-electron chi connectivity index (χ1n) is 13.2. The number of nitrogens with one attached hydrogen (secondary N) is 2. The number of amides is 2. The van der Waals surface area contributed by atoms with Crippen LogP contribution in [0.25, 0.3) is 11.1 Å². The van der Waals surface area contributed by atoms with E-state index in [1.54, 1.807) is 36.4 Å². The quantitative estimate of drug-likeness (QED) is 0.142. The van der Waals surface area contributed by atoms with Gasteiger partial charge >= 0.3 is 0 Å². The lowest BCUT2D eigenvalue weighted by molar-refractivity contribution is -0.117. The molecule has 10 heteroatoms. The van der Waals surface area contributed by atoms with E-state index in [0.29, 0.717) is 81.9 Å². The Labute approximate surface area is 264 Å². The molecule has 42 heavy (non-hydrogen) atoms. The van der Waals surface area contributed by atoms with Gasteiger partial charge in [-0.2, -0.15) is 0 Å². The summed E-state index contributed by atoms with van der Waals surface area (Å²) in [7, 11) is 0. The largest absolute Gasteiger partial charge is 0.492 e. The van der Waals surface area contributed by atoms with E-state index in [-0.39, 0.29) is 11.8 Å². The van der Waals surface area contributed by atoms with Gasteiger partial charge in [-0.3, -0.25) is 9.59 Å². The minimum atomic E-state index is -0.103. The van der Waals surface area contributed by atoms with E-state index in [1.165, 1.54) is 0 Å². The molecule has 4 aromatic carbocycles. The van der Waals surface area contributed by atoms with Gasteiger partial charge < -0.3 is 20.1 Å². The van der Waals surface area contributed by atoms with Gasteiger partial charge in [-0.25, -0.2) is 0 Å². The number of halogens is 4. The molecule has 2 amide bonds. The maximum absolute atomic E-state index is 12.3. The molecule has 0 fully saturated rings. The molecule has 4 aromatic rings. The van der Waals surface area contributed by atoms with Crippen LogP contribution in [0.1, 0.15) is 25.7 Å². The number of carbonyl (C=O) groups is 2. The number of carbonyl (C=O) groups excluding carboxylic acids is 2. The molecule has 0 unspecified atom stereocenters. The van der Waals surface area contributed by atoms with Crippen LogP contribution in [0.2, 0.25) is 20.1 Å². The predicted octanol–water partition coefficient (Wildman–Crippen LogP) is 9.56. The average molecular weight is 646 g/mol. The fraction of sp³-hybridized carbons (Fsp3) is 0.188. The summed E-state index contributed by atoms with van der Waals surface area (Å²) in [4.78, 5) is 24.7. The molecule has 0 spiro atoms. The summed E-state index contributed by atoms with van der Waals surface area (Å²) in [6, 6.07) is 25.2. The minimum Gasteiger partial charge on any atom is -0.492 e. The Balaban J connectivity index is 1.16. The number of hydrogen-bond acceptors (Lipinski definition) is 4. The molecule has 0 aliphatic rings. The van der Waals surface area contributed by atoms with Gasteiger partial charge in [0.1, 0.15) is 11.5 Å². The number of rotatable bonds is 13. The molecule has 0 bridgehead atoms. The summed E-state index contributed by atoms with van der Waals surface area (Å²) in [6.07, 6.45) is 1.70. The maximum Gasteiger partial charge on any atom is 0.224 e. The van der Waals surface area contributed by atoms with Crippen LogP contribution in [0.3, 0.4) is 0 Å². The number of benzene rings is 4. The Kier molecular flexibility index (Phi) is 11.8. The van der Waals surface area contributed by atoms with E-state index >= 15 is 0 Å². The second-order valence-electron chi connectivity index (χ2n) is 9.30. The lowest BCUT2D eigenvalue weighted by atomic mass is 10.0. The SMILES string of the molecule is O=C(CCCOc1ccc(Cl)cc1Cl)Nc1ccc(-c2ccc(NC(=O)CCCOc3ccc(Cl)cc3Cl)cc2)cc1. The Morgan fingerprint density at radius 1 is 0.548 bits per heavy atom. The zero-order valence-corrected chi connectivity index (χ0v) is 25.5. The van der Waals surface area contributed by atoms with Crippen LogP contribution in [0.5, 0.6) is 11.5 Å². The van der Waals surface area contributed by atoms with Crippen molar-refractivity contribution in [3.05, 3.63) is 105 Å². The van der Waals surface area contributed by atoms with Crippen LogP contribution in [-0.4, -0.2) is 25.0 Å². The van der Waals surface area contributed by atoms with Gasteiger partial charge in [0.25, 0.3) is 0 Å². The predicted molar refractivity (Wildman–Crippen MR) is 172 cm³/mol. The van der Waals surface area contributed by atoms with E-state index in [0.717, 1.165) is 11.1 Å². The molecule has 0 radical (unpaired) electrons. The zero-order chi connectivity index (χ0) is 29.9. The Morgan fingerprint density at radius 3 is 1.29 bits per heavy atom. The number of anilines is 2. The highest BCUT2D eigenvalue weighted by atomic mass is 35.5. The highest BCUT2D eigenvalue weighted by Gasteiger charge is 2.08. The van der Waals surface area contributed by atoms with Gasteiger partial charge in [0.2, 0.25) is 11.8 Å². The lowest BCUT2D eigenvalue weighted by Gasteiger charge is -2.10. The maximum atomic E-state index is 12.3. The van der Waals surface area contributed by atoms with Gasteiger partial charge in [0, 0.05) is 34.3 Å². The molecule has 6 nitrogen and oxygen atoms in total. The molecule has 0 saturated carbocycles. The number of hydrogen-bond donors (Lipinski definition) is 2. The van der Waals surface area contributed by atoms with E-state index in [1.807, 2.05) is 48.5 Å². The normalized spacial score (nSPS) is 10.7. The summed E-state index contributed by atoms with van der Waals surface area (Å²) in [6.45, 7) is 0.719. The van der Waals surface area contributed by atoms with E-state index in [9.17, 15) is 9.59 Å². The molecular formula is C32H28Cl4N2O4. The van der Waals surface area contributed by atoms with Crippen molar-refractivity contribution in [2.24, 2.45) is 0 Å². The summed E-state index contributed by atoms with van der Waals surface area (Å²) in [5.41, 5.74) is 3.38. The van der Waals surface area contributed by atoms with Crippen molar-refractivity contribution in [1.29, 1.82) is 0 Å². The molecule has 0 aromatic heterocycles. The van der Waals surface area contributed by atoms with Crippen LogP contribution in [0.4, 0.5) is 11.4 Å². The molecule has 4 rings (SSSR count). The second kappa shape index (κ2) is 15.7. The van der Waals surface area contributed by atoms with Gasteiger partial charge in [-0.05, 0) is 84.6 Å². The van der Waals surface area contributed by atoms with E-state index < -0.39 is 0 Å². The second-order valence-corrected chi connectivity index (χ2v) is 11.0. The third kappa shape index (κ3) is 9.85. The summed E-state index contributed by atoms with van der Waals surface area (Å²) < 4.78 is 11.2. The zero-order valence-electron chi connectivity index (χ0n) is 22.5. The third-order valence-corrected chi connectivity index (χ3v) is 7.13. The lowest BCUT2D eigenvalue weighted by Crippen LogP contribution is -2.13. The highest BCUT2D eigenvalue weighted by Crippen LogP contribution is 2.29. The van der Waals surface area contributed by atoms with Crippen LogP contribution in [0, 0.1) is 0 Å². The van der Waals surface area contributed by atoms with E-state index in [4.69, 9.17) is 55.9 Å². The summed E-state index contributed by atoms with van der Waals surface area (Å²) >= 11 is 24.0. The van der Waals surface area contributed by atoms with E-state index in [2.05, 4.69) is 10.6 Å². The first-order valence-corrected chi connectivity index (χ1v) is 14.7. The van der Waals surface area contributed by atoms with Crippen LogP contribution < -0.4 is 20.1 Å². The fourth-order valence-corrected chi connectivity index (χ4v) is 4.88. The van der Waals surface area contributed by atoms with Crippen molar-refractivity contribution in [1.82, 2.24) is 0 Å². The standard InChI is InChI=1S/C32H28Cl4N2O4/c33-23-9-15-29(27(35)19-23)41-17-1-3-31(39)37-25-11-5-21(6-12-25)22-7-13-26(14-8-22)38-32(40)4-2-18-42-30-16-10-24(34)20-28(30)36/h5-16,19-20H,1-4,17-18H2,(H,37,39)(H,38,40). The monoisotopic (exact) mass is 644 g/mol. The van der Waals surface area contributed by atoms with Crippen molar-refractivity contribution in [3.8, 4) is 22.6 Å². The van der Waals surface area contributed by atoms with Crippen LogP contribution in [0.15, 0.2) is 84.9 Å². The van der Waals surface area contributed by atoms with Crippen molar-refractivity contribution < 1.29 is 19.1 Å². The Morgan fingerprint density at radius 2 is 0.929 bits per heavy atom. The average Bonchev–Trinajstić information content (AvgIpc) is 2.96. The minimum absolute atomic E-state index is 0.103. The van der Waals surface area contributed by atoms with Crippen molar-refractivity contribution in [2.75, 3.05) is 23.8 Å². The van der Waals surface area contributed by atoms with Crippen LogP contribution in [-0.2, 0) is 9.59 Å². The van der Waals surface area contributed by atoms with Crippen LogP contribution >= 0.6 is 46.4 Å². The van der Waals surface area contributed by atoms with Gasteiger partial charge in [-0.1, -0.05) is 70.7 Å². The molecule has 0 aliphatic carbocycles. The van der Waals surface area contributed by atoms with Gasteiger partial charge in [-0.15, -0.1) is 0 Å². The fourth-order valence-electron chi connectivity index (χ4n) is 3.95. The van der Waals surface area contributed by atoms with Crippen molar-refractivity contribution in [2.45, 2.75) is 25.7 Å². The topological polar surface area (TPSA) is 76.7 Å². The Hall–Kier alpha value is -3.42. The molecular weight excluding hydrogens is 618 g/mol. The van der Waals surface area contributed by atoms with Crippen molar-refractivity contribution >= 4 is 69.6 Å². The first kappa shape index (κ1) is 31.5. The summed E-state index contributed by atoms with van der Waals surface area (Å²) in [5.74, 6) is 0.868. The summed E-state index contributed by atoms with van der Waals surface area (Å²) in [5, 5.41) is 7.74. The molecule has 0 aliphatic heterocycles. The van der Waals surface area contributed by atoms with Crippen molar-refractivity contribution in [3.63, 3.8) is 0 Å². The molecule has 0 heterocycles. The smallest absolute Gasteiger partial charge is 0.224 e. The number of ether oxygens (including phenoxy) is 2. The third-order valence-electron chi connectivity index (χ3n) is 6.07. The van der Waals surface area contributed by atoms with Gasteiger partial charge in [0.15, 0.2) is 0 Å². The molecule has 0 atom stereocenters. The first-order chi connectivity index (χ1) is 20.3. The molecule has 2 N–H and O–H groups in total. The van der Waals surface area contributed by atoms with Gasteiger partial charge in [0.05, 0.1) is 23.3 Å². The molecule has 0 saturated heterocycles. The Bertz CT molecular complexity index is 1400. The molecule has 218 valence electrons. The highest BCUT2D eigenvalue weighted by molar-refractivity contribution is 6.36.